The highest BCUT2D eigenvalue weighted by Crippen LogP contribution is 2.18. The fourth-order valence-corrected chi connectivity index (χ4v) is 1.66. The molecule has 5 heteroatoms. The molecule has 1 heterocycles. The van der Waals surface area contributed by atoms with Crippen LogP contribution in [0.1, 0.15) is 41.8 Å². The molecule has 0 aliphatic carbocycles. The number of ether oxygens (including phenoxy) is 1. The normalized spacial score (nSPS) is 12.3. The van der Waals surface area contributed by atoms with Crippen LogP contribution in [-0.2, 0) is 11.3 Å². The molecule has 19 heavy (non-hydrogen) atoms. The van der Waals surface area contributed by atoms with Crippen molar-refractivity contribution in [1.82, 2.24) is 10.1 Å². The minimum Gasteiger partial charge on any atom is -0.374 e. The Morgan fingerprint density at radius 3 is 2.79 bits per heavy atom. The van der Waals surface area contributed by atoms with Crippen LogP contribution in [0.15, 0.2) is 34.9 Å². The fraction of sp³-hybridized carbons (Fsp3) is 0.357. The highest BCUT2D eigenvalue weighted by atomic mass is 16.5. The number of rotatable bonds is 6. The Kier molecular flexibility index (Phi) is 4.41. The van der Waals surface area contributed by atoms with Crippen molar-refractivity contribution in [1.29, 1.82) is 0 Å². The van der Waals surface area contributed by atoms with Gasteiger partial charge in [-0.3, -0.25) is 4.79 Å². The van der Waals surface area contributed by atoms with Gasteiger partial charge < -0.3 is 9.26 Å². The minimum absolute atomic E-state index is 0.0350. The lowest BCUT2D eigenvalue weighted by molar-refractivity contribution is 0.0951. The smallest absolute Gasteiger partial charge is 0.237 e. The predicted octanol–water partition coefficient (Wildman–Crippen LogP) is 2.59. The molecule has 0 spiro atoms. The van der Waals surface area contributed by atoms with Crippen LogP contribution in [0.3, 0.4) is 0 Å². The quantitative estimate of drug-likeness (QED) is 0.747. The number of hydrogen-bond acceptors (Lipinski definition) is 5. The second-order valence-electron chi connectivity index (χ2n) is 4.14. The second kappa shape index (κ2) is 6.24. The minimum atomic E-state index is -0.453. The molecule has 5 nitrogen and oxygen atoms in total. The van der Waals surface area contributed by atoms with Gasteiger partial charge in [-0.2, -0.15) is 4.98 Å². The molecular formula is C14H16N2O3. The zero-order chi connectivity index (χ0) is 13.7. The van der Waals surface area contributed by atoms with Crippen molar-refractivity contribution in [3.05, 3.63) is 47.6 Å². The van der Waals surface area contributed by atoms with E-state index in [4.69, 9.17) is 9.26 Å². The van der Waals surface area contributed by atoms with E-state index in [0.29, 0.717) is 30.5 Å². The monoisotopic (exact) mass is 260 g/mol. The number of aromatic nitrogens is 2. The number of carbonyl (C=O) groups excluding carboxylic acids is 1. The van der Waals surface area contributed by atoms with E-state index in [9.17, 15) is 4.79 Å². The van der Waals surface area contributed by atoms with Gasteiger partial charge in [0.25, 0.3) is 0 Å². The Morgan fingerprint density at radius 2 is 2.11 bits per heavy atom. The lowest BCUT2D eigenvalue weighted by atomic mass is 9.99. The van der Waals surface area contributed by atoms with Gasteiger partial charge in [-0.05, 0) is 13.8 Å². The average Bonchev–Trinajstić information content (AvgIpc) is 2.93. The van der Waals surface area contributed by atoms with Gasteiger partial charge in [0.05, 0.1) is 5.92 Å². The molecule has 1 unspecified atom stereocenters. The zero-order valence-electron chi connectivity index (χ0n) is 11.0. The van der Waals surface area contributed by atoms with Crippen molar-refractivity contribution in [3.8, 4) is 0 Å². The van der Waals surface area contributed by atoms with Crippen LogP contribution in [0.2, 0.25) is 0 Å². The third-order valence-electron chi connectivity index (χ3n) is 2.74. The molecular weight excluding hydrogens is 244 g/mol. The van der Waals surface area contributed by atoms with Gasteiger partial charge in [-0.25, -0.2) is 0 Å². The summed E-state index contributed by atoms with van der Waals surface area (Å²) in [4.78, 5) is 16.4. The Labute approximate surface area is 111 Å². The maximum absolute atomic E-state index is 12.2. The van der Waals surface area contributed by atoms with Crippen LogP contribution in [0, 0.1) is 0 Å². The Hall–Kier alpha value is -2.01. The Balaban J connectivity index is 2.09. The van der Waals surface area contributed by atoms with E-state index in [2.05, 4.69) is 10.1 Å². The van der Waals surface area contributed by atoms with E-state index in [1.807, 2.05) is 25.1 Å². The van der Waals surface area contributed by atoms with Gasteiger partial charge in [-0.15, -0.1) is 0 Å². The summed E-state index contributed by atoms with van der Waals surface area (Å²) >= 11 is 0. The first kappa shape index (κ1) is 13.4. The van der Waals surface area contributed by atoms with Crippen LogP contribution in [0.5, 0.6) is 0 Å². The molecule has 0 amide bonds. The summed E-state index contributed by atoms with van der Waals surface area (Å²) in [6.07, 6.45) is 0. The number of Topliss-reactive ketones (excluding diaryl/α,β-unsaturated/α-hetero) is 1. The topological polar surface area (TPSA) is 65.2 Å². The standard InChI is InChI=1S/C14H16N2O3/c1-3-18-9-12-15-14(19-16-12)10(2)13(17)11-7-5-4-6-8-11/h4-8,10H,3,9H2,1-2H3. The van der Waals surface area contributed by atoms with Crippen molar-refractivity contribution < 1.29 is 14.1 Å². The largest absolute Gasteiger partial charge is 0.374 e. The number of ketones is 1. The van der Waals surface area contributed by atoms with E-state index in [-0.39, 0.29) is 5.78 Å². The van der Waals surface area contributed by atoms with Crippen molar-refractivity contribution in [2.45, 2.75) is 26.4 Å². The molecule has 0 radical (unpaired) electrons. The van der Waals surface area contributed by atoms with Crippen molar-refractivity contribution in [3.63, 3.8) is 0 Å². The summed E-state index contributed by atoms with van der Waals surface area (Å²) in [6.45, 7) is 4.53. The Morgan fingerprint density at radius 1 is 1.37 bits per heavy atom. The number of hydrogen-bond donors (Lipinski definition) is 0. The van der Waals surface area contributed by atoms with Gasteiger partial charge in [0.1, 0.15) is 6.61 Å². The number of carbonyl (C=O) groups is 1. The molecule has 100 valence electrons. The highest BCUT2D eigenvalue weighted by Gasteiger charge is 2.22. The van der Waals surface area contributed by atoms with Gasteiger partial charge >= 0.3 is 0 Å². The van der Waals surface area contributed by atoms with Gasteiger partial charge in [0.2, 0.25) is 5.89 Å². The molecule has 0 bridgehead atoms. The third-order valence-corrected chi connectivity index (χ3v) is 2.74. The van der Waals surface area contributed by atoms with E-state index in [1.165, 1.54) is 0 Å². The summed E-state index contributed by atoms with van der Waals surface area (Å²) in [5.41, 5.74) is 0.638. The summed E-state index contributed by atoms with van der Waals surface area (Å²) in [6, 6.07) is 9.07. The second-order valence-corrected chi connectivity index (χ2v) is 4.14. The SMILES string of the molecule is CCOCc1noc(C(C)C(=O)c2ccccc2)n1. The summed E-state index contributed by atoms with van der Waals surface area (Å²) in [7, 11) is 0. The van der Waals surface area contributed by atoms with Gasteiger partial charge in [0, 0.05) is 12.2 Å². The summed E-state index contributed by atoms with van der Waals surface area (Å²) < 4.78 is 10.3. The lowest BCUT2D eigenvalue weighted by Gasteiger charge is -2.04. The molecule has 2 aromatic rings. The molecule has 0 saturated heterocycles. The molecule has 1 atom stereocenters. The number of benzene rings is 1. The highest BCUT2D eigenvalue weighted by molar-refractivity contribution is 6.00. The lowest BCUT2D eigenvalue weighted by Crippen LogP contribution is -2.10. The van der Waals surface area contributed by atoms with Crippen LogP contribution in [0.4, 0.5) is 0 Å². The van der Waals surface area contributed by atoms with Crippen molar-refractivity contribution >= 4 is 5.78 Å². The molecule has 1 aromatic heterocycles. The molecule has 0 fully saturated rings. The predicted molar refractivity (Wildman–Crippen MR) is 68.8 cm³/mol. The molecule has 0 aliphatic rings. The molecule has 0 saturated carbocycles. The number of nitrogens with zero attached hydrogens (tertiary/aromatic N) is 2. The van der Waals surface area contributed by atoms with Crippen LogP contribution >= 0.6 is 0 Å². The van der Waals surface area contributed by atoms with Gasteiger partial charge in [0.15, 0.2) is 11.6 Å². The third kappa shape index (κ3) is 3.26. The van der Waals surface area contributed by atoms with E-state index in [0.717, 1.165) is 0 Å². The van der Waals surface area contributed by atoms with E-state index < -0.39 is 5.92 Å². The average molecular weight is 260 g/mol. The first-order chi connectivity index (χ1) is 9.22. The zero-order valence-corrected chi connectivity index (χ0v) is 11.0. The molecule has 2 rings (SSSR count). The fourth-order valence-electron chi connectivity index (χ4n) is 1.66. The Bertz CT molecular complexity index is 537. The van der Waals surface area contributed by atoms with E-state index >= 15 is 0 Å². The van der Waals surface area contributed by atoms with E-state index in [1.54, 1.807) is 19.1 Å². The first-order valence-corrected chi connectivity index (χ1v) is 6.22. The van der Waals surface area contributed by atoms with Crippen molar-refractivity contribution in [2.24, 2.45) is 0 Å². The van der Waals surface area contributed by atoms with Crippen LogP contribution in [-0.4, -0.2) is 22.5 Å². The summed E-state index contributed by atoms with van der Waals surface area (Å²) in [5.74, 6) is 0.297. The van der Waals surface area contributed by atoms with Crippen LogP contribution < -0.4 is 0 Å². The maximum Gasteiger partial charge on any atom is 0.237 e. The summed E-state index contributed by atoms with van der Waals surface area (Å²) in [5, 5.41) is 3.79. The first-order valence-electron chi connectivity index (χ1n) is 6.22. The molecule has 0 N–H and O–H groups in total. The molecule has 1 aromatic carbocycles. The van der Waals surface area contributed by atoms with Crippen LogP contribution in [0.25, 0.3) is 0 Å². The van der Waals surface area contributed by atoms with Gasteiger partial charge in [-0.1, -0.05) is 35.5 Å². The maximum atomic E-state index is 12.2. The molecule has 0 aliphatic heterocycles. The van der Waals surface area contributed by atoms with Crippen molar-refractivity contribution in [2.75, 3.05) is 6.61 Å².